The molecule has 0 unspecified atom stereocenters. The maximum absolute atomic E-state index is 14.6. The van der Waals surface area contributed by atoms with Gasteiger partial charge < -0.3 is 15.0 Å². The Hall–Kier alpha value is -3.34. The first kappa shape index (κ1) is 24.8. The second-order valence-electron chi connectivity index (χ2n) is 9.38. The number of carbonyl (C=O) groups excluding carboxylic acids is 1. The van der Waals surface area contributed by atoms with Gasteiger partial charge in [-0.1, -0.05) is 50.5 Å². The molecule has 1 fully saturated rings. The number of carbonyl (C=O) groups is 1. The maximum Gasteiger partial charge on any atom is 0.254 e. The van der Waals surface area contributed by atoms with E-state index in [9.17, 15) is 9.18 Å². The van der Waals surface area contributed by atoms with Gasteiger partial charge in [-0.25, -0.2) is 4.39 Å². The molecule has 4 rings (SSSR count). The Morgan fingerprint density at radius 2 is 1.77 bits per heavy atom. The Labute approximate surface area is 208 Å². The van der Waals surface area contributed by atoms with Crippen molar-refractivity contribution in [3.63, 3.8) is 0 Å². The summed E-state index contributed by atoms with van der Waals surface area (Å²) in [5, 5.41) is 3.39. The number of hydrogen-bond acceptors (Lipinski definition) is 3. The van der Waals surface area contributed by atoms with Crippen LogP contribution in [-0.4, -0.2) is 23.4 Å². The summed E-state index contributed by atoms with van der Waals surface area (Å²) in [6.45, 7) is 5.22. The molecule has 184 valence electrons. The van der Waals surface area contributed by atoms with E-state index in [2.05, 4.69) is 12.2 Å². The third-order valence-electron chi connectivity index (χ3n) is 6.62. The van der Waals surface area contributed by atoms with Crippen LogP contribution in [0.25, 0.3) is 0 Å². The summed E-state index contributed by atoms with van der Waals surface area (Å²) in [6.07, 6.45) is 6.52. The molecule has 1 saturated carbocycles. The van der Waals surface area contributed by atoms with Gasteiger partial charge in [0.15, 0.2) is 0 Å². The van der Waals surface area contributed by atoms with Crippen LogP contribution in [0.15, 0.2) is 66.7 Å². The lowest BCUT2D eigenvalue weighted by Gasteiger charge is -2.34. The van der Waals surface area contributed by atoms with Crippen molar-refractivity contribution >= 4 is 11.6 Å². The largest absolute Gasteiger partial charge is 0.457 e. The van der Waals surface area contributed by atoms with Gasteiger partial charge in [-0.3, -0.25) is 4.79 Å². The monoisotopic (exact) mass is 474 g/mol. The standard InChI is InChI=1S/C30H35FN2O2/c1-3-16-33(26-10-6-4-7-11-26)30(34)24-17-23(18-25(31)19-24)21-32-29-20-28(15-14-22(29)2)35-27-12-8-5-9-13-27/h5,8-9,12-15,17-20,26,32H,3-4,6-7,10-11,16,21H2,1-2H3. The van der Waals surface area contributed by atoms with Crippen molar-refractivity contribution in [1.29, 1.82) is 0 Å². The highest BCUT2D eigenvalue weighted by atomic mass is 19.1. The predicted octanol–water partition coefficient (Wildman–Crippen LogP) is 7.72. The second-order valence-corrected chi connectivity index (χ2v) is 9.38. The van der Waals surface area contributed by atoms with Gasteiger partial charge in [0, 0.05) is 36.4 Å². The fraction of sp³-hybridized carbons (Fsp3) is 0.367. The zero-order valence-corrected chi connectivity index (χ0v) is 20.7. The number of ether oxygens (including phenoxy) is 1. The van der Waals surface area contributed by atoms with Gasteiger partial charge in [0.2, 0.25) is 0 Å². The van der Waals surface area contributed by atoms with E-state index >= 15 is 0 Å². The summed E-state index contributed by atoms with van der Waals surface area (Å²) in [5.41, 5.74) is 3.14. The highest BCUT2D eigenvalue weighted by Crippen LogP contribution is 2.28. The fourth-order valence-electron chi connectivity index (χ4n) is 4.80. The molecule has 1 N–H and O–H groups in total. The molecule has 0 bridgehead atoms. The number of nitrogens with zero attached hydrogens (tertiary/aromatic N) is 1. The molecule has 1 aliphatic rings. The number of halogens is 1. The minimum atomic E-state index is -0.384. The quantitative estimate of drug-likeness (QED) is 0.345. The van der Waals surface area contributed by atoms with Crippen molar-refractivity contribution in [2.24, 2.45) is 0 Å². The molecule has 3 aromatic carbocycles. The molecule has 4 nitrogen and oxygen atoms in total. The molecule has 35 heavy (non-hydrogen) atoms. The zero-order chi connectivity index (χ0) is 24.6. The smallest absolute Gasteiger partial charge is 0.254 e. The van der Waals surface area contributed by atoms with Crippen LogP contribution in [0.5, 0.6) is 11.5 Å². The number of rotatable bonds is 9. The fourth-order valence-corrected chi connectivity index (χ4v) is 4.80. The summed E-state index contributed by atoms with van der Waals surface area (Å²) in [4.78, 5) is 15.4. The summed E-state index contributed by atoms with van der Waals surface area (Å²) >= 11 is 0. The van der Waals surface area contributed by atoms with Gasteiger partial charge in [-0.2, -0.15) is 0 Å². The summed E-state index contributed by atoms with van der Waals surface area (Å²) < 4.78 is 20.5. The van der Waals surface area contributed by atoms with Gasteiger partial charge in [-0.15, -0.1) is 0 Å². The highest BCUT2D eigenvalue weighted by Gasteiger charge is 2.26. The van der Waals surface area contributed by atoms with E-state index in [4.69, 9.17) is 4.74 Å². The number of amides is 1. The molecule has 0 saturated heterocycles. The first-order valence-corrected chi connectivity index (χ1v) is 12.7. The van der Waals surface area contributed by atoms with Crippen molar-refractivity contribution in [2.75, 3.05) is 11.9 Å². The van der Waals surface area contributed by atoms with Crippen molar-refractivity contribution in [2.45, 2.75) is 65.0 Å². The van der Waals surface area contributed by atoms with Gasteiger partial charge in [0.1, 0.15) is 17.3 Å². The van der Waals surface area contributed by atoms with Crippen molar-refractivity contribution in [1.82, 2.24) is 4.90 Å². The van der Waals surface area contributed by atoms with Crippen molar-refractivity contribution in [3.8, 4) is 11.5 Å². The number of para-hydroxylation sites is 1. The van der Waals surface area contributed by atoms with Crippen LogP contribution < -0.4 is 10.1 Å². The van der Waals surface area contributed by atoms with Crippen molar-refractivity contribution < 1.29 is 13.9 Å². The second kappa shape index (κ2) is 11.9. The Bertz CT molecular complexity index is 1130. The molecule has 1 amide bonds. The zero-order valence-electron chi connectivity index (χ0n) is 20.7. The van der Waals surface area contributed by atoms with Gasteiger partial charge in [0.05, 0.1) is 0 Å². The summed E-state index contributed by atoms with van der Waals surface area (Å²) in [7, 11) is 0. The molecule has 5 heteroatoms. The van der Waals surface area contributed by atoms with E-state index in [-0.39, 0.29) is 17.8 Å². The van der Waals surface area contributed by atoms with E-state index in [0.717, 1.165) is 60.4 Å². The highest BCUT2D eigenvalue weighted by molar-refractivity contribution is 5.94. The third kappa shape index (κ3) is 6.62. The summed E-state index contributed by atoms with van der Waals surface area (Å²) in [5.74, 6) is 1.05. The molecule has 0 aliphatic heterocycles. The van der Waals surface area contributed by atoms with Crippen LogP contribution in [0.1, 0.15) is 66.9 Å². The lowest BCUT2D eigenvalue weighted by atomic mass is 9.93. The number of nitrogens with one attached hydrogen (secondary N) is 1. The maximum atomic E-state index is 14.6. The lowest BCUT2D eigenvalue weighted by molar-refractivity contribution is 0.0633. The first-order valence-electron chi connectivity index (χ1n) is 12.7. The molecule has 0 aromatic heterocycles. The molecule has 0 heterocycles. The minimum absolute atomic E-state index is 0.0612. The Morgan fingerprint density at radius 1 is 1.00 bits per heavy atom. The number of benzene rings is 3. The van der Waals surface area contributed by atoms with E-state index in [1.807, 2.05) is 66.4 Å². The normalized spacial score (nSPS) is 13.9. The SMILES string of the molecule is CCCN(C(=O)c1cc(F)cc(CNc2cc(Oc3ccccc3)ccc2C)c1)C1CCCCC1. The molecular formula is C30H35FN2O2. The predicted molar refractivity (Wildman–Crippen MR) is 140 cm³/mol. The van der Waals surface area contributed by atoms with Crippen molar-refractivity contribution in [3.05, 3.63) is 89.2 Å². The molecule has 0 spiro atoms. The average Bonchev–Trinajstić information content (AvgIpc) is 2.88. The Balaban J connectivity index is 1.48. The third-order valence-corrected chi connectivity index (χ3v) is 6.62. The van der Waals surface area contributed by atoms with Gasteiger partial charge >= 0.3 is 0 Å². The van der Waals surface area contributed by atoms with Crippen LogP contribution in [0.3, 0.4) is 0 Å². The number of anilines is 1. The number of hydrogen-bond donors (Lipinski definition) is 1. The first-order chi connectivity index (χ1) is 17.0. The molecule has 3 aromatic rings. The van der Waals surface area contributed by atoms with Gasteiger partial charge in [-0.05, 0) is 73.7 Å². The van der Waals surface area contributed by atoms with Gasteiger partial charge in [0.25, 0.3) is 5.91 Å². The van der Waals surface area contributed by atoms with E-state index in [0.29, 0.717) is 18.7 Å². The summed E-state index contributed by atoms with van der Waals surface area (Å²) in [6, 6.07) is 20.5. The Morgan fingerprint density at radius 3 is 2.51 bits per heavy atom. The van der Waals surface area contributed by atoms with E-state index < -0.39 is 0 Å². The minimum Gasteiger partial charge on any atom is -0.457 e. The van der Waals surface area contributed by atoms with Crippen LogP contribution >= 0.6 is 0 Å². The van der Waals surface area contributed by atoms with Crippen LogP contribution in [0.4, 0.5) is 10.1 Å². The van der Waals surface area contributed by atoms with E-state index in [1.165, 1.54) is 18.6 Å². The van der Waals surface area contributed by atoms with Crippen LogP contribution in [0.2, 0.25) is 0 Å². The molecule has 0 radical (unpaired) electrons. The average molecular weight is 475 g/mol. The Kier molecular flexibility index (Phi) is 8.40. The van der Waals surface area contributed by atoms with E-state index in [1.54, 1.807) is 0 Å². The molecule has 0 atom stereocenters. The van der Waals surface area contributed by atoms with Crippen LogP contribution in [0, 0.1) is 12.7 Å². The lowest BCUT2D eigenvalue weighted by Crippen LogP contribution is -2.42. The van der Waals surface area contributed by atoms with Crippen LogP contribution in [-0.2, 0) is 6.54 Å². The molecule has 1 aliphatic carbocycles. The topological polar surface area (TPSA) is 41.6 Å². The molecular weight excluding hydrogens is 439 g/mol. The number of aryl methyl sites for hydroxylation is 1.